The highest BCUT2D eigenvalue weighted by Gasteiger charge is 2.32. The number of aromatic nitrogens is 6. The molecule has 1 saturated heterocycles. The summed E-state index contributed by atoms with van der Waals surface area (Å²) in [5, 5.41) is 25.2. The molecular weight excluding hydrogens is 456 g/mol. The van der Waals surface area contributed by atoms with Gasteiger partial charge in [-0.25, -0.2) is 9.36 Å². The Bertz CT molecular complexity index is 1490. The minimum absolute atomic E-state index is 0.175. The fourth-order valence-electron chi connectivity index (χ4n) is 4.51. The second kappa shape index (κ2) is 8.35. The van der Waals surface area contributed by atoms with Gasteiger partial charge in [0, 0.05) is 24.4 Å². The van der Waals surface area contributed by atoms with Crippen LogP contribution in [0.2, 0.25) is 5.02 Å². The Morgan fingerprint density at radius 1 is 1.09 bits per heavy atom. The van der Waals surface area contributed by atoms with Gasteiger partial charge in [-0.2, -0.15) is 15.3 Å². The van der Waals surface area contributed by atoms with E-state index in [0.29, 0.717) is 35.8 Å². The number of aliphatic hydroxyl groups excluding tert-OH is 1. The first-order valence-corrected chi connectivity index (χ1v) is 11.4. The van der Waals surface area contributed by atoms with Crippen LogP contribution >= 0.6 is 11.6 Å². The first-order chi connectivity index (χ1) is 16.6. The number of fused-ring (bicyclic) bond motifs is 3. The molecule has 0 bridgehead atoms. The van der Waals surface area contributed by atoms with E-state index in [2.05, 4.69) is 15.3 Å². The lowest BCUT2D eigenvalue weighted by Gasteiger charge is -2.27. The van der Waals surface area contributed by atoms with Crippen LogP contribution < -0.4 is 5.56 Å². The van der Waals surface area contributed by atoms with Crippen LogP contribution in [-0.4, -0.2) is 53.8 Å². The van der Waals surface area contributed by atoms with Gasteiger partial charge in [-0.3, -0.25) is 9.48 Å². The van der Waals surface area contributed by atoms with Crippen molar-refractivity contribution in [2.24, 2.45) is 0 Å². The molecule has 4 heterocycles. The summed E-state index contributed by atoms with van der Waals surface area (Å²) in [7, 11) is 0. The van der Waals surface area contributed by atoms with Gasteiger partial charge in [-0.1, -0.05) is 35.9 Å². The van der Waals surface area contributed by atoms with E-state index >= 15 is 0 Å². The number of rotatable bonds is 4. The van der Waals surface area contributed by atoms with Crippen molar-refractivity contribution < 1.29 is 9.84 Å². The van der Waals surface area contributed by atoms with Crippen LogP contribution in [0.3, 0.4) is 0 Å². The zero-order chi connectivity index (χ0) is 23.2. The Balaban J connectivity index is 1.46. The molecule has 0 unspecified atom stereocenters. The Morgan fingerprint density at radius 2 is 1.94 bits per heavy atom. The van der Waals surface area contributed by atoms with Gasteiger partial charge in [0.1, 0.15) is 5.69 Å². The second-order valence-corrected chi connectivity index (χ2v) is 8.76. The molecule has 3 aromatic rings. The SMILES string of the molecule is O=c1c2nn(Cc3ccc(-n4cccn4)cc3)c3c(Cl)cccc3c-2nn1[C@H]1CCOC[C@H]1O. The number of nitrogens with zero attached hydrogens (tertiary/aromatic N) is 6. The van der Waals surface area contributed by atoms with Crippen LogP contribution in [-0.2, 0) is 11.3 Å². The topological polar surface area (TPSA) is 100.0 Å². The molecule has 0 radical (unpaired) electrons. The van der Waals surface area contributed by atoms with Crippen molar-refractivity contribution in [1.29, 1.82) is 0 Å². The third-order valence-corrected chi connectivity index (χ3v) is 6.51. The van der Waals surface area contributed by atoms with Gasteiger partial charge in [-0.15, -0.1) is 0 Å². The molecule has 0 aliphatic carbocycles. The van der Waals surface area contributed by atoms with Crippen molar-refractivity contribution >= 4 is 22.5 Å². The van der Waals surface area contributed by atoms with Gasteiger partial charge < -0.3 is 9.84 Å². The predicted octanol–water partition coefficient (Wildman–Crippen LogP) is 2.91. The predicted molar refractivity (Wildman–Crippen MR) is 127 cm³/mol. The number of ether oxygens (including phenoxy) is 1. The molecule has 9 nitrogen and oxygen atoms in total. The van der Waals surface area contributed by atoms with Crippen LogP contribution in [0, 0.1) is 0 Å². The average molecular weight is 477 g/mol. The standard InChI is InChI=1S/C24H21ClN6O3/c25-18-4-1-3-17-21-22(24(33)31(28-21)19-9-12-34-14-20(19)32)27-30(23(17)18)13-15-5-7-16(8-6-15)29-11-2-10-26-29/h1-8,10-11,19-20,32H,9,12-14H2/t19-,20+/m0/s1. The fourth-order valence-corrected chi connectivity index (χ4v) is 4.78. The average Bonchev–Trinajstić information content (AvgIpc) is 3.49. The molecule has 1 aromatic heterocycles. The molecular formula is C24H21ClN6O3. The van der Waals surface area contributed by atoms with E-state index in [4.69, 9.17) is 16.3 Å². The quantitative estimate of drug-likeness (QED) is 0.428. The molecule has 6 rings (SSSR count). The van der Waals surface area contributed by atoms with Crippen molar-refractivity contribution in [2.45, 2.75) is 25.1 Å². The van der Waals surface area contributed by atoms with E-state index in [0.717, 1.165) is 16.6 Å². The van der Waals surface area contributed by atoms with Gasteiger partial charge >= 0.3 is 0 Å². The van der Waals surface area contributed by atoms with Crippen molar-refractivity contribution in [3.05, 3.63) is 81.9 Å². The molecule has 10 heteroatoms. The minimum atomic E-state index is -0.800. The minimum Gasteiger partial charge on any atom is -0.388 e. The highest BCUT2D eigenvalue weighted by atomic mass is 35.5. The molecule has 0 saturated carbocycles. The van der Waals surface area contributed by atoms with Gasteiger partial charge in [0.05, 0.1) is 41.5 Å². The lowest BCUT2D eigenvalue weighted by molar-refractivity contribution is -0.0423. The van der Waals surface area contributed by atoms with Crippen molar-refractivity contribution in [1.82, 2.24) is 29.3 Å². The summed E-state index contributed by atoms with van der Waals surface area (Å²) in [5.41, 5.74) is 3.04. The summed E-state index contributed by atoms with van der Waals surface area (Å²) < 4.78 is 10.2. The van der Waals surface area contributed by atoms with Gasteiger partial charge in [0.15, 0.2) is 5.69 Å². The molecule has 34 heavy (non-hydrogen) atoms. The third kappa shape index (κ3) is 3.49. The number of halogens is 1. The van der Waals surface area contributed by atoms with Crippen LogP contribution in [0.25, 0.3) is 28.0 Å². The summed E-state index contributed by atoms with van der Waals surface area (Å²) in [6, 6.07) is 14.9. The maximum Gasteiger partial charge on any atom is 0.297 e. The van der Waals surface area contributed by atoms with Crippen molar-refractivity contribution in [3.8, 4) is 17.1 Å². The summed E-state index contributed by atoms with van der Waals surface area (Å²) in [6.45, 7) is 1.06. The number of benzene rings is 2. The first-order valence-electron chi connectivity index (χ1n) is 11.0. The zero-order valence-corrected chi connectivity index (χ0v) is 18.8. The smallest absolute Gasteiger partial charge is 0.297 e. The molecule has 3 aliphatic heterocycles. The fraction of sp³-hybridized carbons (Fsp3) is 0.250. The lowest BCUT2D eigenvalue weighted by Crippen LogP contribution is -2.38. The molecule has 2 atom stereocenters. The van der Waals surface area contributed by atoms with Gasteiger partial charge in [-0.05, 0) is 36.2 Å². The third-order valence-electron chi connectivity index (χ3n) is 6.21. The maximum atomic E-state index is 13.3. The summed E-state index contributed by atoms with van der Waals surface area (Å²) in [6.07, 6.45) is 3.32. The van der Waals surface area contributed by atoms with E-state index in [-0.39, 0.29) is 17.9 Å². The molecule has 1 fully saturated rings. The highest BCUT2D eigenvalue weighted by Crippen LogP contribution is 2.32. The Morgan fingerprint density at radius 3 is 2.71 bits per heavy atom. The van der Waals surface area contributed by atoms with Crippen LogP contribution in [0.15, 0.2) is 65.7 Å². The van der Waals surface area contributed by atoms with E-state index in [1.54, 1.807) is 21.6 Å². The molecule has 0 spiro atoms. The largest absolute Gasteiger partial charge is 0.388 e. The number of hydrogen-bond acceptors (Lipinski definition) is 6. The van der Waals surface area contributed by atoms with Crippen molar-refractivity contribution in [2.75, 3.05) is 13.2 Å². The number of aliphatic hydroxyl groups is 1. The van der Waals surface area contributed by atoms with Crippen LogP contribution in [0.4, 0.5) is 0 Å². The van der Waals surface area contributed by atoms with Gasteiger partial charge in [0.25, 0.3) is 5.56 Å². The molecule has 1 N–H and O–H groups in total. The zero-order valence-electron chi connectivity index (χ0n) is 18.1. The second-order valence-electron chi connectivity index (χ2n) is 8.36. The van der Waals surface area contributed by atoms with E-state index < -0.39 is 12.1 Å². The maximum absolute atomic E-state index is 13.3. The van der Waals surface area contributed by atoms with Crippen LogP contribution in [0.1, 0.15) is 18.0 Å². The lowest BCUT2D eigenvalue weighted by atomic mass is 10.1. The number of hydrogen-bond donors (Lipinski definition) is 1. The summed E-state index contributed by atoms with van der Waals surface area (Å²) in [4.78, 5) is 13.3. The monoisotopic (exact) mass is 476 g/mol. The summed E-state index contributed by atoms with van der Waals surface area (Å²) in [5.74, 6) is 0. The molecule has 3 aliphatic rings. The normalized spacial score (nSPS) is 18.6. The molecule has 172 valence electrons. The molecule has 2 aromatic carbocycles. The number of para-hydroxylation sites is 1. The van der Waals surface area contributed by atoms with E-state index in [9.17, 15) is 9.90 Å². The molecule has 0 amide bonds. The van der Waals surface area contributed by atoms with E-state index in [1.165, 1.54) is 4.68 Å². The Labute approximate surface area is 199 Å². The van der Waals surface area contributed by atoms with Crippen LogP contribution in [0.5, 0.6) is 0 Å². The summed E-state index contributed by atoms with van der Waals surface area (Å²) >= 11 is 6.60. The van der Waals surface area contributed by atoms with Gasteiger partial charge in [0.2, 0.25) is 0 Å². The van der Waals surface area contributed by atoms with E-state index in [1.807, 2.05) is 48.7 Å². The van der Waals surface area contributed by atoms with Crippen molar-refractivity contribution in [3.63, 3.8) is 0 Å². The Kier molecular flexibility index (Phi) is 5.17. The Hall–Kier alpha value is -3.53. The highest BCUT2D eigenvalue weighted by molar-refractivity contribution is 6.35. The first kappa shape index (κ1) is 21.0.